The van der Waals surface area contributed by atoms with Gasteiger partial charge in [-0.15, -0.1) is 11.6 Å². The average Bonchev–Trinajstić information content (AvgIpc) is 2.53. The molecule has 0 bridgehead atoms. The highest BCUT2D eigenvalue weighted by molar-refractivity contribution is 6.18. The summed E-state index contributed by atoms with van der Waals surface area (Å²) in [5.41, 5.74) is 0. The van der Waals surface area contributed by atoms with E-state index < -0.39 is 0 Å². The minimum atomic E-state index is 0.0470. The molecule has 2 aromatic rings. The predicted octanol–water partition coefficient (Wildman–Crippen LogP) is 3.08. The number of nitrogens with zero attached hydrogens (tertiary/aromatic N) is 2. The summed E-state index contributed by atoms with van der Waals surface area (Å²) >= 11 is 5.97. The Morgan fingerprint density at radius 3 is 3.00 bits per heavy atom. The Morgan fingerprint density at radius 1 is 1.38 bits per heavy atom. The van der Waals surface area contributed by atoms with E-state index in [1.807, 2.05) is 24.4 Å². The molecule has 1 fully saturated rings. The van der Waals surface area contributed by atoms with E-state index in [0.29, 0.717) is 5.88 Å². The highest BCUT2D eigenvalue weighted by atomic mass is 35.5. The van der Waals surface area contributed by atoms with Crippen molar-refractivity contribution < 1.29 is 9.47 Å². The molecular weight excluding hydrogens is 288 g/mol. The van der Waals surface area contributed by atoms with Crippen LogP contribution in [0, 0.1) is 0 Å². The number of alkyl halides is 1. The van der Waals surface area contributed by atoms with E-state index in [9.17, 15) is 0 Å². The van der Waals surface area contributed by atoms with Gasteiger partial charge >= 0.3 is 0 Å². The van der Waals surface area contributed by atoms with Crippen molar-refractivity contribution in [2.24, 2.45) is 0 Å². The van der Waals surface area contributed by atoms with Crippen LogP contribution in [0.15, 0.2) is 30.5 Å². The summed E-state index contributed by atoms with van der Waals surface area (Å²) < 4.78 is 11.1. The van der Waals surface area contributed by atoms with Gasteiger partial charge in [0.05, 0.1) is 25.2 Å². The number of halogens is 1. The van der Waals surface area contributed by atoms with Crippen molar-refractivity contribution >= 4 is 28.2 Å². The first-order chi connectivity index (χ1) is 10.2. The molecule has 5 heteroatoms. The first-order valence-electron chi connectivity index (χ1n) is 7.10. The van der Waals surface area contributed by atoms with Crippen molar-refractivity contribution in [3.8, 4) is 5.75 Å². The smallest absolute Gasteiger partial charge is 0.136 e. The van der Waals surface area contributed by atoms with Gasteiger partial charge in [-0.05, 0) is 36.6 Å². The molecule has 21 heavy (non-hydrogen) atoms. The summed E-state index contributed by atoms with van der Waals surface area (Å²) in [4.78, 5) is 6.84. The molecule has 0 spiro atoms. The van der Waals surface area contributed by atoms with Crippen LogP contribution in [0.1, 0.15) is 6.92 Å². The molecule has 0 amide bonds. The lowest BCUT2D eigenvalue weighted by Crippen LogP contribution is -2.47. The molecule has 112 valence electrons. The quantitative estimate of drug-likeness (QED) is 0.816. The van der Waals surface area contributed by atoms with Crippen molar-refractivity contribution in [3.05, 3.63) is 30.5 Å². The van der Waals surface area contributed by atoms with Gasteiger partial charge in [-0.3, -0.25) is 0 Å². The minimum absolute atomic E-state index is 0.0470. The third kappa shape index (κ3) is 2.92. The van der Waals surface area contributed by atoms with Crippen molar-refractivity contribution in [1.29, 1.82) is 0 Å². The van der Waals surface area contributed by atoms with Gasteiger partial charge in [0.2, 0.25) is 0 Å². The molecule has 4 nitrogen and oxygen atoms in total. The van der Waals surface area contributed by atoms with Gasteiger partial charge in [0, 0.05) is 24.7 Å². The van der Waals surface area contributed by atoms with E-state index >= 15 is 0 Å². The number of morpholine rings is 1. The lowest BCUT2D eigenvalue weighted by atomic mass is 10.1. The van der Waals surface area contributed by atoms with E-state index in [0.717, 1.165) is 35.4 Å². The highest BCUT2D eigenvalue weighted by Gasteiger charge is 2.26. The van der Waals surface area contributed by atoms with E-state index in [1.54, 1.807) is 7.11 Å². The van der Waals surface area contributed by atoms with Crippen LogP contribution < -0.4 is 9.64 Å². The highest BCUT2D eigenvalue weighted by Crippen LogP contribution is 2.29. The molecule has 1 aliphatic heterocycles. The summed E-state index contributed by atoms with van der Waals surface area (Å²) in [7, 11) is 1.68. The molecule has 0 N–H and O–H groups in total. The number of benzene rings is 1. The van der Waals surface area contributed by atoms with Crippen LogP contribution in [0.4, 0.5) is 5.82 Å². The molecule has 1 aromatic heterocycles. The molecular formula is C16H19ClN2O2. The fraction of sp³-hybridized carbons (Fsp3) is 0.438. The molecule has 1 aliphatic rings. The van der Waals surface area contributed by atoms with Crippen LogP contribution in [0.2, 0.25) is 0 Å². The summed E-state index contributed by atoms with van der Waals surface area (Å²) in [6.07, 6.45) is 2.04. The number of pyridine rings is 1. The summed E-state index contributed by atoms with van der Waals surface area (Å²) in [5.74, 6) is 2.34. The normalized spacial score (nSPS) is 22.5. The van der Waals surface area contributed by atoms with Crippen molar-refractivity contribution in [2.75, 3.05) is 31.0 Å². The van der Waals surface area contributed by atoms with Gasteiger partial charge in [-0.1, -0.05) is 0 Å². The van der Waals surface area contributed by atoms with Gasteiger partial charge in [0.15, 0.2) is 0 Å². The number of aromatic nitrogens is 1. The van der Waals surface area contributed by atoms with Crippen LogP contribution in [0.25, 0.3) is 10.8 Å². The standard InChI is InChI=1S/C16H19ClN2O2/c1-11-9-19(10-14(8-17)21-11)16-15-4-3-13(20-2)7-12(15)5-6-18-16/h3-7,11,14H,8-10H2,1-2H3. The second-order valence-electron chi connectivity index (χ2n) is 5.35. The summed E-state index contributed by atoms with van der Waals surface area (Å²) in [6, 6.07) is 8.07. The molecule has 2 atom stereocenters. The molecule has 2 unspecified atom stereocenters. The van der Waals surface area contributed by atoms with Crippen molar-refractivity contribution in [3.63, 3.8) is 0 Å². The maximum Gasteiger partial charge on any atom is 0.136 e. The molecule has 0 radical (unpaired) electrons. The number of methoxy groups -OCH3 is 1. The Balaban J connectivity index is 1.99. The zero-order valence-corrected chi connectivity index (χ0v) is 13.0. The summed E-state index contributed by atoms with van der Waals surface area (Å²) in [6.45, 7) is 3.66. The molecule has 0 aliphatic carbocycles. The van der Waals surface area contributed by atoms with Crippen LogP contribution in [0.3, 0.4) is 0 Å². The van der Waals surface area contributed by atoms with Gasteiger partial charge in [-0.2, -0.15) is 0 Å². The minimum Gasteiger partial charge on any atom is -0.497 e. The Kier molecular flexibility index (Phi) is 4.17. The van der Waals surface area contributed by atoms with E-state index in [2.05, 4.69) is 22.9 Å². The fourth-order valence-corrected chi connectivity index (χ4v) is 2.99. The van der Waals surface area contributed by atoms with E-state index in [4.69, 9.17) is 21.1 Å². The second-order valence-corrected chi connectivity index (χ2v) is 5.66. The average molecular weight is 307 g/mol. The zero-order chi connectivity index (χ0) is 14.8. The largest absolute Gasteiger partial charge is 0.497 e. The van der Waals surface area contributed by atoms with Crippen LogP contribution in [-0.2, 0) is 4.74 Å². The monoisotopic (exact) mass is 306 g/mol. The summed E-state index contributed by atoms with van der Waals surface area (Å²) in [5, 5.41) is 2.25. The van der Waals surface area contributed by atoms with Crippen LogP contribution in [-0.4, -0.2) is 43.3 Å². The first kappa shape index (κ1) is 14.4. The van der Waals surface area contributed by atoms with Crippen LogP contribution >= 0.6 is 11.6 Å². The first-order valence-corrected chi connectivity index (χ1v) is 7.64. The molecule has 1 aromatic carbocycles. The van der Waals surface area contributed by atoms with E-state index in [1.165, 1.54) is 0 Å². The third-order valence-corrected chi connectivity index (χ3v) is 4.09. The Hall–Kier alpha value is -1.52. The van der Waals surface area contributed by atoms with Crippen molar-refractivity contribution in [1.82, 2.24) is 4.98 Å². The lowest BCUT2D eigenvalue weighted by molar-refractivity contribution is -0.00347. The number of anilines is 1. The number of hydrogen-bond donors (Lipinski definition) is 0. The SMILES string of the molecule is COc1ccc2c(N3CC(C)OC(CCl)C3)nccc2c1. The van der Waals surface area contributed by atoms with Gasteiger partial charge in [0.25, 0.3) is 0 Å². The Morgan fingerprint density at radius 2 is 2.24 bits per heavy atom. The zero-order valence-electron chi connectivity index (χ0n) is 12.3. The fourth-order valence-electron chi connectivity index (χ4n) is 2.82. The maximum absolute atomic E-state index is 5.97. The predicted molar refractivity (Wildman–Crippen MR) is 85.6 cm³/mol. The number of rotatable bonds is 3. The lowest BCUT2D eigenvalue weighted by Gasteiger charge is -2.37. The second kappa shape index (κ2) is 6.08. The van der Waals surface area contributed by atoms with Crippen LogP contribution in [0.5, 0.6) is 5.75 Å². The maximum atomic E-state index is 5.97. The van der Waals surface area contributed by atoms with E-state index in [-0.39, 0.29) is 12.2 Å². The molecule has 2 heterocycles. The third-order valence-electron chi connectivity index (χ3n) is 3.75. The Labute approximate surface area is 129 Å². The molecule has 1 saturated heterocycles. The molecule has 3 rings (SSSR count). The van der Waals surface area contributed by atoms with Gasteiger partial charge in [-0.25, -0.2) is 4.98 Å². The van der Waals surface area contributed by atoms with Gasteiger partial charge < -0.3 is 14.4 Å². The number of fused-ring (bicyclic) bond motifs is 1. The molecule has 0 saturated carbocycles. The number of hydrogen-bond acceptors (Lipinski definition) is 4. The van der Waals surface area contributed by atoms with Crippen molar-refractivity contribution in [2.45, 2.75) is 19.1 Å². The van der Waals surface area contributed by atoms with Gasteiger partial charge in [0.1, 0.15) is 11.6 Å². The number of ether oxygens (including phenoxy) is 2. The Bertz CT molecular complexity index is 635. The topological polar surface area (TPSA) is 34.6 Å².